The van der Waals surface area contributed by atoms with Gasteiger partial charge in [-0.3, -0.25) is 43.4 Å². The number of carbonyl (C=O) groups excluding carboxylic acids is 8. The molecule has 90 heavy (non-hydrogen) atoms. The van der Waals surface area contributed by atoms with Crippen LogP contribution in [0.1, 0.15) is 87.7 Å². The molecule has 30 nitrogen and oxygen atoms in total. The Morgan fingerprint density at radius 1 is 0.822 bits per heavy atom. The Hall–Kier alpha value is -6.60. The third-order valence-corrected chi connectivity index (χ3v) is 16.7. The number of aromatic nitrogens is 1. The van der Waals surface area contributed by atoms with Crippen molar-refractivity contribution in [1.82, 2.24) is 41.4 Å². The molecule has 13 unspecified atom stereocenters. The molecule has 0 aliphatic carbocycles. The molecule has 0 bridgehead atoms. The van der Waals surface area contributed by atoms with Crippen LogP contribution >= 0.6 is 23.7 Å². The number of ether oxygens (including phenoxy) is 1. The fourth-order valence-corrected chi connectivity index (χ4v) is 11.6. The van der Waals surface area contributed by atoms with Crippen molar-refractivity contribution in [3.63, 3.8) is 0 Å². The van der Waals surface area contributed by atoms with Gasteiger partial charge in [-0.15, -0.1) is 15.7 Å². The monoisotopic (exact) mass is 1310 g/mol. The average Bonchev–Trinajstić information content (AvgIpc) is 2.25. The van der Waals surface area contributed by atoms with Crippen LogP contribution in [0, 0.1) is 5.92 Å². The minimum atomic E-state index is -2.54. The van der Waals surface area contributed by atoms with E-state index in [2.05, 4.69) is 47.9 Å². The van der Waals surface area contributed by atoms with Gasteiger partial charge in [-0.2, -0.15) is 0 Å². The summed E-state index contributed by atoms with van der Waals surface area (Å²) in [6, 6.07) is 4.36. The third kappa shape index (κ3) is 18.6. The summed E-state index contributed by atoms with van der Waals surface area (Å²) in [5.74, 6) is -11.2. The SMILES string of the molecule is CCCCCCOc1ccc(-c2ncc(-c3ccc(C(=O)N[C@H]4CC(O)CNC(=O)C5C(O)C(C)CN5C(=O)C(C(O)CC(N)=O)NC(=O)C(C(O)C(O)c5ccc(O)c(OSOO[O-])c5)NC(=O)C5CC(O)CN5C(=O)C(C(C)O)NC4=O)cc3)s2)cc1.[Na+]. The molecule has 15 N–H and O–H groups in total. The number of hydrogen-bond acceptors (Lipinski definition) is 24. The maximum absolute atomic E-state index is 14.7. The summed E-state index contributed by atoms with van der Waals surface area (Å²) in [5.41, 5.74) is 6.57. The normalized spacial score (nSPS) is 25.1. The van der Waals surface area contributed by atoms with Gasteiger partial charge in [0.2, 0.25) is 41.4 Å². The van der Waals surface area contributed by atoms with Gasteiger partial charge < -0.3 is 97.1 Å². The molecule has 3 saturated heterocycles. The second-order valence-electron chi connectivity index (χ2n) is 21.9. The van der Waals surface area contributed by atoms with Crippen LogP contribution in [0.2, 0.25) is 0 Å². The van der Waals surface area contributed by atoms with Crippen molar-refractivity contribution < 1.29 is 132 Å². The van der Waals surface area contributed by atoms with Crippen molar-refractivity contribution in [2.75, 3.05) is 26.2 Å². The smallest absolute Gasteiger partial charge is 0.691 e. The Morgan fingerprint density at radius 2 is 1.49 bits per heavy atom. The molecule has 0 radical (unpaired) electrons. The minimum absolute atomic E-state index is 0. The second kappa shape index (κ2) is 33.6. The van der Waals surface area contributed by atoms with E-state index in [0.717, 1.165) is 81.8 Å². The first-order valence-corrected chi connectivity index (χ1v) is 30.0. The number of aliphatic hydroxyl groups excluding tert-OH is 7. The first-order chi connectivity index (χ1) is 42.4. The first kappa shape index (κ1) is 72.5. The number of aromatic hydroxyl groups is 1. The molecule has 0 saturated carbocycles. The molecule has 3 aromatic carbocycles. The molecule has 4 aromatic rings. The van der Waals surface area contributed by atoms with Gasteiger partial charge in [-0.05, 0) is 73.0 Å². The van der Waals surface area contributed by atoms with Crippen molar-refractivity contribution >= 4 is 70.9 Å². The van der Waals surface area contributed by atoms with E-state index < -0.39 is 183 Å². The number of phenols is 1. The van der Waals surface area contributed by atoms with Gasteiger partial charge in [0.1, 0.15) is 59.2 Å². The summed E-state index contributed by atoms with van der Waals surface area (Å²) in [6.07, 6.45) is -10.2. The van der Waals surface area contributed by atoms with Crippen LogP contribution in [-0.2, 0) is 42.9 Å². The summed E-state index contributed by atoms with van der Waals surface area (Å²) >= 11 is 1.31. The van der Waals surface area contributed by atoms with Crippen molar-refractivity contribution in [3.8, 4) is 38.3 Å². The molecule has 4 heterocycles. The molecule has 14 atom stereocenters. The standard InChI is InChI=1S/C57H73N9O21S2.Na/c1-4-5-6-7-18-84-35-15-12-31(13-16-35)55-60-24-41(88-55)29-8-10-30(11-9-29)50(76)61-36-20-33(68)23-59-54(80)46-47(73)27(2)25-66(46)57(82)44(39(71)22-42(58)72)63-53(79)45(49(75)48(74)32-14-17-38(70)40(19-32)85-89-87-86-83)64-52(78)37-21-34(69)26-65(37)56(81)43(28(3)67)62-51(36)77;/h8-17,19,24,27-28,33-34,36-37,39,43-49,67-71,73-75,83H,4-7,18,20-23,25-26H2,1-3H3,(H2,58,72)(H,59,80)(H,61,76)(H,62,77)(H,63,79)(H,64,78);/q;+1/p-1/t27?,28?,33?,34?,36-,37?,39?,43?,44?,45?,46?,47?,48?,49?;/m0./s1. The van der Waals surface area contributed by atoms with E-state index in [-0.39, 0.29) is 53.0 Å². The number of β-amino-alcohol motifs (C(OH)–C–C–N with tert-alkyl or cyclic N) is 1. The van der Waals surface area contributed by atoms with Gasteiger partial charge in [0.15, 0.2) is 11.5 Å². The van der Waals surface area contributed by atoms with Gasteiger partial charge in [-0.1, -0.05) is 51.3 Å². The van der Waals surface area contributed by atoms with E-state index in [4.69, 9.17) is 14.7 Å². The molecule has 3 aliphatic rings. The molecular weight excluding hydrogens is 1230 g/mol. The van der Waals surface area contributed by atoms with Crippen LogP contribution in [0.25, 0.3) is 21.0 Å². The van der Waals surface area contributed by atoms with Crippen LogP contribution in [0.15, 0.2) is 72.9 Å². The number of carbonyl (C=O) groups is 8. The summed E-state index contributed by atoms with van der Waals surface area (Å²) in [7, 11) is 0. The number of amides is 8. The number of hydrogen-bond donors (Lipinski definition) is 14. The molecule has 0 spiro atoms. The molecule has 3 aliphatic heterocycles. The fraction of sp³-hybridized carbons (Fsp3) is 0.491. The topological polar surface area (TPSA) is 464 Å². The van der Waals surface area contributed by atoms with Gasteiger partial charge in [0, 0.05) is 55.7 Å². The zero-order valence-corrected chi connectivity index (χ0v) is 53.0. The number of nitrogens with two attached hydrogens (primary N) is 1. The Kier molecular flexibility index (Phi) is 27.1. The number of phenolic OH excluding ortho intramolecular Hbond substituents is 1. The van der Waals surface area contributed by atoms with Crippen molar-refractivity contribution in [2.24, 2.45) is 11.7 Å². The molecule has 7 rings (SSSR count). The molecule has 33 heteroatoms. The van der Waals surface area contributed by atoms with E-state index >= 15 is 0 Å². The van der Waals surface area contributed by atoms with Crippen molar-refractivity contribution in [2.45, 2.75) is 145 Å². The summed E-state index contributed by atoms with van der Waals surface area (Å²) in [6.45, 7) is 3.45. The number of primary amides is 1. The zero-order chi connectivity index (χ0) is 64.8. The van der Waals surface area contributed by atoms with Crippen LogP contribution in [0.4, 0.5) is 0 Å². The first-order valence-electron chi connectivity index (χ1n) is 28.5. The van der Waals surface area contributed by atoms with E-state index in [0.29, 0.717) is 12.2 Å². The number of unbranched alkanes of at least 4 members (excludes halogenated alkanes) is 3. The predicted octanol–water partition coefficient (Wildman–Crippen LogP) is -5.37. The average molecular weight is 1310 g/mol. The van der Waals surface area contributed by atoms with E-state index in [1.807, 2.05) is 24.3 Å². The molecule has 1 aromatic heterocycles. The minimum Gasteiger partial charge on any atom is -0.691 e. The van der Waals surface area contributed by atoms with Crippen LogP contribution < -0.4 is 76.1 Å². The Labute approximate surface area is 546 Å². The number of nitrogens with zero attached hydrogens (tertiary/aromatic N) is 3. The van der Waals surface area contributed by atoms with Gasteiger partial charge in [-0.25, -0.2) is 4.98 Å². The quantitative estimate of drug-likeness (QED) is 0.0122. The Morgan fingerprint density at radius 3 is 2.16 bits per heavy atom. The Balaban J connectivity index is 0.0000129. The van der Waals surface area contributed by atoms with Crippen molar-refractivity contribution in [1.29, 1.82) is 0 Å². The maximum atomic E-state index is 14.7. The number of fused-ring (bicyclic) bond motifs is 2. The second-order valence-corrected chi connectivity index (χ2v) is 23.4. The van der Waals surface area contributed by atoms with E-state index in [9.17, 15) is 84.5 Å². The van der Waals surface area contributed by atoms with Crippen molar-refractivity contribution in [3.05, 3.63) is 84.1 Å². The summed E-state index contributed by atoms with van der Waals surface area (Å²) in [5, 5.41) is 116. The van der Waals surface area contributed by atoms with Gasteiger partial charge >= 0.3 is 29.6 Å². The molecule has 484 valence electrons. The van der Waals surface area contributed by atoms with Crippen LogP contribution in [0.5, 0.6) is 17.2 Å². The van der Waals surface area contributed by atoms with E-state index in [1.54, 1.807) is 18.3 Å². The number of benzene rings is 3. The Bertz CT molecular complexity index is 3130. The summed E-state index contributed by atoms with van der Waals surface area (Å²) in [4.78, 5) is 120. The zero-order valence-electron chi connectivity index (χ0n) is 49.4. The molecular formula is C57H72N9NaO21S2. The number of nitrogens with one attached hydrogen (secondary N) is 5. The third-order valence-electron chi connectivity index (χ3n) is 15.2. The maximum Gasteiger partial charge on any atom is 1.00 e. The largest absolute Gasteiger partial charge is 1.00 e. The van der Waals surface area contributed by atoms with Crippen LogP contribution in [0.3, 0.4) is 0 Å². The van der Waals surface area contributed by atoms with Crippen LogP contribution in [-0.4, -0.2) is 202 Å². The van der Waals surface area contributed by atoms with Gasteiger partial charge in [0.05, 0.1) is 48.4 Å². The summed E-state index contributed by atoms with van der Waals surface area (Å²) < 4.78 is 14.9. The number of thiazole rings is 1. The predicted molar refractivity (Wildman–Crippen MR) is 311 cm³/mol. The van der Waals surface area contributed by atoms with Gasteiger partial charge in [0.25, 0.3) is 18.2 Å². The number of aliphatic hydroxyl groups is 7. The molecule has 3 fully saturated rings. The van der Waals surface area contributed by atoms with E-state index in [1.165, 1.54) is 30.4 Å². The number of rotatable bonds is 21. The fourth-order valence-electron chi connectivity index (χ4n) is 10.4. The molecule has 8 amide bonds.